The van der Waals surface area contributed by atoms with E-state index in [1.807, 2.05) is 36.0 Å². The molecule has 0 unspecified atom stereocenters. The third-order valence-electron chi connectivity index (χ3n) is 3.32. The summed E-state index contributed by atoms with van der Waals surface area (Å²) >= 11 is 7.76. The highest BCUT2D eigenvalue weighted by molar-refractivity contribution is 7.08. The highest BCUT2D eigenvalue weighted by Gasteiger charge is 2.20. The number of methoxy groups -OCH3 is 1. The zero-order valence-corrected chi connectivity index (χ0v) is 13.2. The van der Waals surface area contributed by atoms with Crippen LogP contribution in [0, 0.1) is 0 Å². The lowest BCUT2D eigenvalue weighted by molar-refractivity contribution is 0.416. The minimum absolute atomic E-state index is 0.580. The topological polar surface area (TPSA) is 53.1 Å². The first-order valence-corrected chi connectivity index (χ1v) is 7.63. The fraction of sp³-hybridized carbons (Fsp3) is 0.133. The van der Waals surface area contributed by atoms with E-state index in [1.54, 1.807) is 29.2 Å². The van der Waals surface area contributed by atoms with E-state index in [2.05, 4.69) is 5.10 Å². The Kier molecular flexibility index (Phi) is 3.61. The maximum absolute atomic E-state index is 6.22. The first-order chi connectivity index (χ1) is 10.1. The zero-order valence-electron chi connectivity index (χ0n) is 11.6. The van der Waals surface area contributed by atoms with Crippen LogP contribution in [-0.4, -0.2) is 16.9 Å². The van der Waals surface area contributed by atoms with Crippen molar-refractivity contribution in [1.82, 2.24) is 9.78 Å². The average Bonchev–Trinajstić information content (AvgIpc) is 3.08. The quantitative estimate of drug-likeness (QED) is 0.792. The van der Waals surface area contributed by atoms with Gasteiger partial charge in [0.2, 0.25) is 0 Å². The number of halogens is 1. The van der Waals surface area contributed by atoms with Crippen LogP contribution < -0.4 is 10.5 Å². The minimum atomic E-state index is 0.580. The van der Waals surface area contributed by atoms with E-state index in [0.717, 1.165) is 28.1 Å². The van der Waals surface area contributed by atoms with E-state index >= 15 is 0 Å². The first-order valence-electron chi connectivity index (χ1n) is 6.30. The lowest BCUT2D eigenvalue weighted by atomic mass is 10.0. The van der Waals surface area contributed by atoms with Crippen LogP contribution in [0.5, 0.6) is 5.75 Å². The van der Waals surface area contributed by atoms with Gasteiger partial charge in [0.25, 0.3) is 0 Å². The molecular weight excluding hydrogens is 306 g/mol. The van der Waals surface area contributed by atoms with Crippen molar-refractivity contribution < 1.29 is 4.74 Å². The number of aryl methyl sites for hydroxylation is 1. The molecule has 21 heavy (non-hydrogen) atoms. The first kappa shape index (κ1) is 14.0. The summed E-state index contributed by atoms with van der Waals surface area (Å²) in [7, 11) is 3.45. The molecule has 0 saturated heterocycles. The summed E-state index contributed by atoms with van der Waals surface area (Å²) in [5.74, 6) is 1.30. The monoisotopic (exact) mass is 319 g/mol. The van der Waals surface area contributed by atoms with Gasteiger partial charge in [0.05, 0.1) is 12.7 Å². The maximum Gasteiger partial charge on any atom is 0.130 e. The van der Waals surface area contributed by atoms with Crippen molar-refractivity contribution in [2.75, 3.05) is 12.8 Å². The molecule has 6 heteroatoms. The van der Waals surface area contributed by atoms with E-state index in [9.17, 15) is 0 Å². The molecule has 0 radical (unpaired) electrons. The van der Waals surface area contributed by atoms with Crippen molar-refractivity contribution in [2.45, 2.75) is 0 Å². The lowest BCUT2D eigenvalue weighted by Crippen LogP contribution is -1.98. The molecule has 0 bridgehead atoms. The van der Waals surface area contributed by atoms with Crippen LogP contribution in [0.4, 0.5) is 5.82 Å². The van der Waals surface area contributed by atoms with Gasteiger partial charge in [0.15, 0.2) is 0 Å². The second-order valence-corrected chi connectivity index (χ2v) is 5.81. The van der Waals surface area contributed by atoms with Gasteiger partial charge in [0, 0.05) is 28.6 Å². The van der Waals surface area contributed by atoms with Crippen molar-refractivity contribution in [3.63, 3.8) is 0 Å². The van der Waals surface area contributed by atoms with Crippen LogP contribution in [-0.2, 0) is 7.05 Å². The number of benzene rings is 1. The molecule has 108 valence electrons. The molecule has 0 atom stereocenters. The predicted molar refractivity (Wildman–Crippen MR) is 87.9 cm³/mol. The van der Waals surface area contributed by atoms with Crippen molar-refractivity contribution in [3.05, 3.63) is 40.0 Å². The maximum atomic E-state index is 6.22. The number of rotatable bonds is 3. The summed E-state index contributed by atoms with van der Waals surface area (Å²) in [6, 6.07) is 7.50. The van der Waals surface area contributed by atoms with Gasteiger partial charge < -0.3 is 10.5 Å². The molecule has 3 rings (SSSR count). The fourth-order valence-electron chi connectivity index (χ4n) is 2.28. The molecule has 0 amide bonds. The van der Waals surface area contributed by atoms with Crippen LogP contribution >= 0.6 is 22.9 Å². The SMILES string of the molecule is COc1ccc(Cl)cc1-c1c(-c2ccsc2)nn(C)c1N. The summed E-state index contributed by atoms with van der Waals surface area (Å²) in [5, 5.41) is 9.22. The Labute approximate surface area is 131 Å². The Morgan fingerprint density at radius 2 is 2.14 bits per heavy atom. The predicted octanol–water partition coefficient (Wildman–Crippen LogP) is 4.06. The summed E-state index contributed by atoms with van der Waals surface area (Å²) in [6.45, 7) is 0. The molecule has 0 aliphatic carbocycles. The molecular formula is C15H14ClN3OS. The highest BCUT2D eigenvalue weighted by atomic mass is 35.5. The molecule has 0 saturated carbocycles. The van der Waals surface area contributed by atoms with Crippen LogP contribution in [0.3, 0.4) is 0 Å². The number of anilines is 1. The number of nitrogen functional groups attached to an aromatic ring is 1. The molecule has 1 aromatic carbocycles. The van der Waals surface area contributed by atoms with Crippen molar-refractivity contribution >= 4 is 28.8 Å². The van der Waals surface area contributed by atoms with E-state index < -0.39 is 0 Å². The number of thiophene rings is 1. The van der Waals surface area contributed by atoms with Gasteiger partial charge >= 0.3 is 0 Å². The lowest BCUT2D eigenvalue weighted by Gasteiger charge is -2.10. The summed E-state index contributed by atoms with van der Waals surface area (Å²) in [5.41, 5.74) is 9.77. The van der Waals surface area contributed by atoms with E-state index in [4.69, 9.17) is 22.1 Å². The van der Waals surface area contributed by atoms with Gasteiger partial charge in [-0.25, -0.2) is 0 Å². The number of hydrogen-bond donors (Lipinski definition) is 1. The smallest absolute Gasteiger partial charge is 0.130 e. The van der Waals surface area contributed by atoms with Crippen LogP contribution in [0.2, 0.25) is 5.02 Å². The Morgan fingerprint density at radius 3 is 2.81 bits per heavy atom. The Morgan fingerprint density at radius 1 is 1.33 bits per heavy atom. The second kappa shape index (κ2) is 5.42. The minimum Gasteiger partial charge on any atom is -0.496 e. The summed E-state index contributed by atoms with van der Waals surface area (Å²) in [6.07, 6.45) is 0. The Hall–Kier alpha value is -1.98. The van der Waals surface area contributed by atoms with E-state index in [1.165, 1.54) is 0 Å². The number of aromatic nitrogens is 2. The largest absolute Gasteiger partial charge is 0.496 e. The molecule has 4 nitrogen and oxygen atoms in total. The van der Waals surface area contributed by atoms with Gasteiger partial charge in [0.1, 0.15) is 17.3 Å². The second-order valence-electron chi connectivity index (χ2n) is 4.59. The number of ether oxygens (including phenoxy) is 1. The number of nitrogens with two attached hydrogens (primary N) is 1. The summed E-state index contributed by atoms with van der Waals surface area (Å²) < 4.78 is 7.11. The van der Waals surface area contributed by atoms with Gasteiger partial charge in [-0.2, -0.15) is 16.4 Å². The molecule has 0 aliphatic heterocycles. The Bertz CT molecular complexity index is 781. The highest BCUT2D eigenvalue weighted by Crippen LogP contribution is 2.41. The number of hydrogen-bond acceptors (Lipinski definition) is 4. The van der Waals surface area contributed by atoms with Crippen molar-refractivity contribution in [2.24, 2.45) is 7.05 Å². The Balaban J connectivity index is 2.30. The van der Waals surface area contributed by atoms with Crippen molar-refractivity contribution in [1.29, 1.82) is 0 Å². The van der Waals surface area contributed by atoms with Gasteiger partial charge in [-0.05, 0) is 29.6 Å². The van der Waals surface area contributed by atoms with Crippen molar-refractivity contribution in [3.8, 4) is 28.1 Å². The van der Waals surface area contributed by atoms with Crippen LogP contribution in [0.25, 0.3) is 22.4 Å². The van der Waals surface area contributed by atoms with E-state index in [0.29, 0.717) is 10.8 Å². The fourth-order valence-corrected chi connectivity index (χ4v) is 3.09. The normalized spacial score (nSPS) is 10.8. The molecule has 2 aromatic heterocycles. The third kappa shape index (κ3) is 2.39. The summed E-state index contributed by atoms with van der Waals surface area (Å²) in [4.78, 5) is 0. The molecule has 0 spiro atoms. The third-order valence-corrected chi connectivity index (χ3v) is 4.24. The van der Waals surface area contributed by atoms with Crippen LogP contribution in [0.15, 0.2) is 35.0 Å². The standard InChI is InChI=1S/C15H14ClN3OS/c1-19-15(17)13(14(18-19)9-5-6-21-8-9)11-7-10(16)3-4-12(11)20-2/h3-8H,17H2,1-2H3. The van der Waals surface area contributed by atoms with E-state index in [-0.39, 0.29) is 0 Å². The molecule has 2 N–H and O–H groups in total. The number of nitrogens with zero attached hydrogens (tertiary/aromatic N) is 2. The van der Waals surface area contributed by atoms with Crippen LogP contribution in [0.1, 0.15) is 0 Å². The molecule has 2 heterocycles. The zero-order chi connectivity index (χ0) is 15.0. The molecule has 0 fully saturated rings. The molecule has 3 aromatic rings. The van der Waals surface area contributed by atoms with Gasteiger partial charge in [-0.15, -0.1) is 0 Å². The van der Waals surface area contributed by atoms with Gasteiger partial charge in [-0.1, -0.05) is 11.6 Å². The van der Waals surface area contributed by atoms with Gasteiger partial charge in [-0.3, -0.25) is 4.68 Å². The molecule has 0 aliphatic rings. The average molecular weight is 320 g/mol.